The average Bonchev–Trinajstić information content (AvgIpc) is 2.66. The minimum absolute atomic E-state index is 0.770. The number of rotatable bonds is 3. The molecule has 1 aliphatic heterocycles. The van der Waals surface area contributed by atoms with E-state index in [4.69, 9.17) is 0 Å². The number of piperidine rings is 1. The topological polar surface area (TPSA) is 28.2 Å². The SMILES string of the molecule is CNCC1CCCN(c2nc(Br)cs2)C1. The molecule has 0 aromatic carbocycles. The van der Waals surface area contributed by atoms with Gasteiger partial charge in [0, 0.05) is 18.5 Å². The lowest BCUT2D eigenvalue weighted by atomic mass is 9.98. The van der Waals surface area contributed by atoms with E-state index in [9.17, 15) is 0 Å². The Hall–Kier alpha value is -0.130. The monoisotopic (exact) mass is 289 g/mol. The molecule has 1 aromatic heterocycles. The molecular formula is C10H16BrN3S. The van der Waals surface area contributed by atoms with Crippen molar-refractivity contribution < 1.29 is 0 Å². The second kappa shape index (κ2) is 5.27. The minimum Gasteiger partial charge on any atom is -0.348 e. The number of nitrogens with one attached hydrogen (secondary N) is 1. The van der Waals surface area contributed by atoms with Crippen LogP contribution in [0.25, 0.3) is 0 Å². The van der Waals surface area contributed by atoms with E-state index < -0.39 is 0 Å². The smallest absolute Gasteiger partial charge is 0.186 e. The molecule has 15 heavy (non-hydrogen) atoms. The highest BCUT2D eigenvalue weighted by Crippen LogP contribution is 2.27. The summed E-state index contributed by atoms with van der Waals surface area (Å²) in [5, 5.41) is 6.47. The van der Waals surface area contributed by atoms with Crippen LogP contribution in [0.2, 0.25) is 0 Å². The fraction of sp³-hybridized carbons (Fsp3) is 0.700. The number of hydrogen-bond acceptors (Lipinski definition) is 4. The van der Waals surface area contributed by atoms with Crippen LogP contribution in [0.4, 0.5) is 5.13 Å². The Balaban J connectivity index is 1.98. The predicted octanol–water partition coefficient (Wildman–Crippen LogP) is 2.34. The lowest BCUT2D eigenvalue weighted by Crippen LogP contribution is -2.39. The largest absolute Gasteiger partial charge is 0.348 e. The number of nitrogens with zero attached hydrogens (tertiary/aromatic N) is 2. The van der Waals surface area contributed by atoms with Crippen LogP contribution in [-0.2, 0) is 0 Å². The van der Waals surface area contributed by atoms with Gasteiger partial charge in [-0.05, 0) is 48.3 Å². The Morgan fingerprint density at radius 3 is 3.27 bits per heavy atom. The fourth-order valence-electron chi connectivity index (χ4n) is 2.08. The molecule has 1 N–H and O–H groups in total. The third-order valence-electron chi connectivity index (χ3n) is 2.75. The summed E-state index contributed by atoms with van der Waals surface area (Å²) in [6, 6.07) is 0. The maximum absolute atomic E-state index is 4.47. The summed E-state index contributed by atoms with van der Waals surface area (Å²) in [6.07, 6.45) is 2.62. The molecule has 2 heterocycles. The molecule has 1 aliphatic rings. The van der Waals surface area contributed by atoms with Gasteiger partial charge in [-0.1, -0.05) is 0 Å². The van der Waals surface area contributed by atoms with Gasteiger partial charge in [0.1, 0.15) is 4.60 Å². The zero-order valence-electron chi connectivity index (χ0n) is 8.87. The van der Waals surface area contributed by atoms with Crippen LogP contribution >= 0.6 is 27.3 Å². The molecule has 0 saturated carbocycles. The lowest BCUT2D eigenvalue weighted by Gasteiger charge is -2.32. The summed E-state index contributed by atoms with van der Waals surface area (Å²) in [5.41, 5.74) is 0. The van der Waals surface area contributed by atoms with Crippen LogP contribution in [0, 0.1) is 5.92 Å². The van der Waals surface area contributed by atoms with Gasteiger partial charge >= 0.3 is 0 Å². The normalized spacial score (nSPS) is 22.0. The summed E-state index contributed by atoms with van der Waals surface area (Å²) in [4.78, 5) is 6.87. The number of halogens is 1. The molecule has 2 rings (SSSR count). The van der Waals surface area contributed by atoms with Crippen molar-refractivity contribution in [2.24, 2.45) is 5.92 Å². The molecule has 1 fully saturated rings. The molecule has 0 radical (unpaired) electrons. The van der Waals surface area contributed by atoms with E-state index in [1.54, 1.807) is 11.3 Å². The van der Waals surface area contributed by atoms with Crippen molar-refractivity contribution in [2.75, 3.05) is 31.6 Å². The van der Waals surface area contributed by atoms with Crippen molar-refractivity contribution >= 4 is 32.4 Å². The maximum Gasteiger partial charge on any atom is 0.186 e. The van der Waals surface area contributed by atoms with Gasteiger partial charge in [0.15, 0.2) is 5.13 Å². The van der Waals surface area contributed by atoms with Crippen molar-refractivity contribution in [2.45, 2.75) is 12.8 Å². The number of aromatic nitrogens is 1. The molecule has 5 heteroatoms. The molecule has 1 aromatic rings. The van der Waals surface area contributed by atoms with Crippen LogP contribution in [0.15, 0.2) is 9.98 Å². The standard InChI is InChI=1S/C10H16BrN3S/c1-12-5-8-3-2-4-14(6-8)10-13-9(11)7-15-10/h7-8,12H,2-6H2,1H3. The molecule has 84 valence electrons. The fourth-order valence-corrected chi connectivity index (χ4v) is 3.37. The van der Waals surface area contributed by atoms with Crippen LogP contribution in [0.5, 0.6) is 0 Å². The van der Waals surface area contributed by atoms with Crippen molar-refractivity contribution in [1.29, 1.82) is 0 Å². The first kappa shape index (κ1) is 11.4. The highest BCUT2D eigenvalue weighted by molar-refractivity contribution is 9.10. The van der Waals surface area contributed by atoms with Crippen molar-refractivity contribution in [3.05, 3.63) is 9.98 Å². The predicted molar refractivity (Wildman–Crippen MR) is 68.7 cm³/mol. The highest BCUT2D eigenvalue weighted by atomic mass is 79.9. The molecule has 1 saturated heterocycles. The van der Waals surface area contributed by atoms with Gasteiger partial charge in [0.25, 0.3) is 0 Å². The second-order valence-corrected chi connectivity index (χ2v) is 5.61. The second-order valence-electron chi connectivity index (χ2n) is 3.96. The molecule has 3 nitrogen and oxygen atoms in total. The molecule has 0 bridgehead atoms. The molecule has 0 spiro atoms. The van der Waals surface area contributed by atoms with Crippen LogP contribution in [-0.4, -0.2) is 31.7 Å². The average molecular weight is 290 g/mol. The van der Waals surface area contributed by atoms with E-state index in [1.165, 1.54) is 12.8 Å². The lowest BCUT2D eigenvalue weighted by molar-refractivity contribution is 0.402. The Labute approximate surface area is 103 Å². The van der Waals surface area contributed by atoms with E-state index in [0.717, 1.165) is 35.3 Å². The molecule has 0 aliphatic carbocycles. The number of hydrogen-bond donors (Lipinski definition) is 1. The van der Waals surface area contributed by atoms with Gasteiger partial charge in [-0.25, -0.2) is 4.98 Å². The highest BCUT2D eigenvalue weighted by Gasteiger charge is 2.21. The zero-order valence-corrected chi connectivity index (χ0v) is 11.3. The first-order chi connectivity index (χ1) is 7.29. The van der Waals surface area contributed by atoms with Crippen LogP contribution < -0.4 is 10.2 Å². The third kappa shape index (κ3) is 2.92. The summed E-state index contributed by atoms with van der Waals surface area (Å²) in [7, 11) is 2.03. The van der Waals surface area contributed by atoms with Crippen molar-refractivity contribution in [3.8, 4) is 0 Å². The van der Waals surface area contributed by atoms with E-state index in [-0.39, 0.29) is 0 Å². The minimum atomic E-state index is 0.770. The molecule has 1 atom stereocenters. The van der Waals surface area contributed by atoms with E-state index in [2.05, 4.69) is 36.5 Å². The quantitative estimate of drug-likeness (QED) is 0.926. The third-order valence-corrected chi connectivity index (χ3v) is 4.36. The van der Waals surface area contributed by atoms with Gasteiger partial charge in [-0.15, -0.1) is 11.3 Å². The van der Waals surface area contributed by atoms with E-state index in [0.29, 0.717) is 0 Å². The number of anilines is 1. The summed E-state index contributed by atoms with van der Waals surface area (Å²) < 4.78 is 0.957. The van der Waals surface area contributed by atoms with Gasteiger partial charge < -0.3 is 10.2 Å². The zero-order chi connectivity index (χ0) is 10.7. The maximum atomic E-state index is 4.47. The summed E-state index contributed by atoms with van der Waals surface area (Å²) in [6.45, 7) is 3.41. The van der Waals surface area contributed by atoms with Gasteiger partial charge in [0.2, 0.25) is 0 Å². The molecular weight excluding hydrogens is 274 g/mol. The number of thiazole rings is 1. The van der Waals surface area contributed by atoms with Crippen LogP contribution in [0.3, 0.4) is 0 Å². The van der Waals surface area contributed by atoms with Gasteiger partial charge in [-0.2, -0.15) is 0 Å². The first-order valence-corrected chi connectivity index (χ1v) is 6.97. The van der Waals surface area contributed by atoms with Crippen molar-refractivity contribution in [3.63, 3.8) is 0 Å². The Bertz CT molecular complexity index is 313. The van der Waals surface area contributed by atoms with E-state index in [1.807, 2.05) is 7.05 Å². The van der Waals surface area contributed by atoms with Crippen LogP contribution in [0.1, 0.15) is 12.8 Å². The van der Waals surface area contributed by atoms with Crippen molar-refractivity contribution in [1.82, 2.24) is 10.3 Å². The Kier molecular flexibility index (Phi) is 3.99. The van der Waals surface area contributed by atoms with E-state index >= 15 is 0 Å². The first-order valence-electron chi connectivity index (χ1n) is 5.30. The Morgan fingerprint density at radius 1 is 1.73 bits per heavy atom. The Morgan fingerprint density at radius 2 is 2.60 bits per heavy atom. The summed E-state index contributed by atoms with van der Waals surface area (Å²) in [5.74, 6) is 0.770. The molecule has 1 unspecified atom stereocenters. The molecule has 0 amide bonds. The van der Waals surface area contributed by atoms with Gasteiger partial charge in [-0.3, -0.25) is 0 Å². The van der Waals surface area contributed by atoms with Gasteiger partial charge in [0.05, 0.1) is 0 Å². The summed E-state index contributed by atoms with van der Waals surface area (Å²) >= 11 is 5.13.